The molecule has 11 heteroatoms. The molecule has 4 aromatic rings. The Morgan fingerprint density at radius 3 is 2.28 bits per heavy atom. The lowest BCUT2D eigenvalue weighted by Gasteiger charge is -2.11. The summed E-state index contributed by atoms with van der Waals surface area (Å²) >= 11 is 31.7. The number of halogens is 5. The Balaban J connectivity index is 1.28. The lowest BCUT2D eigenvalue weighted by atomic mass is 10.1. The van der Waals surface area contributed by atoms with Gasteiger partial charge in [0.05, 0.1) is 28.3 Å². The van der Waals surface area contributed by atoms with Crippen LogP contribution < -0.4 is 16.4 Å². The van der Waals surface area contributed by atoms with Gasteiger partial charge in [-0.1, -0.05) is 46.9 Å². The van der Waals surface area contributed by atoms with E-state index in [1.54, 1.807) is 48.5 Å². The van der Waals surface area contributed by atoms with Crippen molar-refractivity contribution in [3.05, 3.63) is 122 Å². The van der Waals surface area contributed by atoms with E-state index >= 15 is 0 Å². The van der Waals surface area contributed by atoms with Crippen molar-refractivity contribution >= 4 is 86.8 Å². The maximum absolute atomic E-state index is 13.2. The van der Waals surface area contributed by atoms with Crippen LogP contribution in [0.15, 0.2) is 83.9 Å². The predicted molar refractivity (Wildman–Crippen MR) is 177 cm³/mol. The summed E-state index contributed by atoms with van der Waals surface area (Å²) < 4.78 is -1.31. The molecular weight excluding hydrogens is 648 g/mol. The number of aliphatic imine (C=N–C) groups is 1. The summed E-state index contributed by atoms with van der Waals surface area (Å²) in [6, 6.07) is 25.2. The second kappa shape index (κ2) is 12.7. The van der Waals surface area contributed by atoms with E-state index in [1.807, 2.05) is 37.3 Å². The molecule has 43 heavy (non-hydrogen) atoms. The zero-order valence-corrected chi connectivity index (χ0v) is 26.4. The monoisotopic (exact) mass is 669 g/mol. The highest BCUT2D eigenvalue weighted by atomic mass is 35.5. The number of amides is 1. The maximum Gasteiger partial charge on any atom is 0.231 e. The third-order valence-electron chi connectivity index (χ3n) is 7.11. The van der Waals surface area contributed by atoms with Crippen LogP contribution in [-0.4, -0.2) is 16.1 Å². The number of benzene rings is 4. The number of nitrogens with two attached hydrogens (primary N) is 1. The highest BCUT2D eigenvalue weighted by Crippen LogP contribution is 2.65. The molecule has 1 aliphatic carbocycles. The van der Waals surface area contributed by atoms with Crippen LogP contribution in [0.4, 0.5) is 17.1 Å². The third-order valence-corrected chi connectivity index (χ3v) is 8.81. The van der Waals surface area contributed by atoms with Gasteiger partial charge in [-0.25, -0.2) is 4.99 Å². The fourth-order valence-electron chi connectivity index (χ4n) is 4.82. The summed E-state index contributed by atoms with van der Waals surface area (Å²) in [7, 11) is 0. The maximum atomic E-state index is 13.2. The number of nitrogens with zero attached hydrogens (tertiary/aromatic N) is 2. The fourth-order valence-corrected chi connectivity index (χ4v) is 6.41. The minimum absolute atomic E-state index is 0.185. The van der Waals surface area contributed by atoms with Crippen molar-refractivity contribution in [2.45, 2.75) is 23.7 Å². The van der Waals surface area contributed by atoms with Crippen LogP contribution in [0.5, 0.6) is 0 Å². The molecule has 0 saturated heterocycles. The van der Waals surface area contributed by atoms with Gasteiger partial charge < -0.3 is 16.4 Å². The summed E-state index contributed by atoms with van der Waals surface area (Å²) in [6.45, 7) is 2.54. The lowest BCUT2D eigenvalue weighted by molar-refractivity contribution is -0.117. The first-order chi connectivity index (χ1) is 20.5. The van der Waals surface area contributed by atoms with Gasteiger partial charge in [-0.2, -0.15) is 5.26 Å². The zero-order chi connectivity index (χ0) is 30.9. The Kier molecular flexibility index (Phi) is 9.12. The van der Waals surface area contributed by atoms with Crippen LogP contribution in [-0.2, 0) is 11.3 Å². The standard InChI is InChI=1S/C32H24Cl5N5O/c1-17-10-23(40-16-19-4-2-18(15-38)3-5-19)7-9-27(17)42-30(39)25-14-24(6-8-26(25)35)41-31(43)29-28(32(29,36)37)20-11-21(33)13-22(34)12-20/h2-14,28-29,40H,16H2,1H3,(H2,39,42)(H,41,43). The summed E-state index contributed by atoms with van der Waals surface area (Å²) in [5.41, 5.74) is 12.1. The molecule has 218 valence electrons. The van der Waals surface area contributed by atoms with Crippen LogP contribution >= 0.6 is 58.0 Å². The van der Waals surface area contributed by atoms with E-state index in [0.717, 1.165) is 16.8 Å². The van der Waals surface area contributed by atoms with Crippen molar-refractivity contribution in [3.63, 3.8) is 0 Å². The first kappa shape index (κ1) is 31.0. The molecule has 1 fully saturated rings. The predicted octanol–water partition coefficient (Wildman–Crippen LogP) is 9.00. The Morgan fingerprint density at radius 2 is 1.63 bits per heavy atom. The Bertz CT molecular complexity index is 1760. The van der Waals surface area contributed by atoms with Gasteiger partial charge in [0, 0.05) is 39.4 Å². The normalized spacial score (nSPS) is 17.2. The van der Waals surface area contributed by atoms with E-state index in [4.69, 9.17) is 69.0 Å². The number of carbonyl (C=O) groups is 1. The number of carbonyl (C=O) groups excluding carboxylic acids is 1. The number of anilines is 2. The molecule has 0 radical (unpaired) electrons. The SMILES string of the molecule is Cc1cc(NCc2ccc(C#N)cc2)ccc1N=C(N)c1cc(NC(=O)C2C(c3cc(Cl)cc(Cl)c3)C2(Cl)Cl)ccc1Cl. The highest BCUT2D eigenvalue weighted by Gasteiger charge is 2.67. The van der Waals surface area contributed by atoms with Gasteiger partial charge >= 0.3 is 0 Å². The lowest BCUT2D eigenvalue weighted by Crippen LogP contribution is -2.18. The molecule has 4 N–H and O–H groups in total. The molecule has 1 amide bonds. The van der Waals surface area contributed by atoms with Crippen molar-refractivity contribution in [3.8, 4) is 6.07 Å². The quantitative estimate of drug-likeness (QED) is 0.0988. The van der Waals surface area contributed by atoms with Crippen LogP contribution in [0.1, 0.15) is 33.7 Å². The van der Waals surface area contributed by atoms with Gasteiger partial charge in [-0.3, -0.25) is 4.79 Å². The highest BCUT2D eigenvalue weighted by molar-refractivity contribution is 6.53. The summed E-state index contributed by atoms with van der Waals surface area (Å²) in [5.74, 6) is -1.38. The van der Waals surface area contributed by atoms with Gasteiger partial charge in [0.1, 0.15) is 10.2 Å². The average molecular weight is 672 g/mol. The molecule has 0 aliphatic heterocycles. The fraction of sp³-hybridized carbons (Fsp3) is 0.156. The van der Waals surface area contributed by atoms with E-state index in [-0.39, 0.29) is 11.7 Å². The zero-order valence-electron chi connectivity index (χ0n) is 22.6. The second-order valence-corrected chi connectivity index (χ2v) is 12.9. The van der Waals surface area contributed by atoms with Crippen molar-refractivity contribution in [2.75, 3.05) is 10.6 Å². The number of nitrogens with one attached hydrogen (secondary N) is 2. The minimum atomic E-state index is -1.31. The largest absolute Gasteiger partial charge is 0.383 e. The number of alkyl halides is 2. The molecule has 0 spiro atoms. The van der Waals surface area contributed by atoms with Gasteiger partial charge in [0.25, 0.3) is 0 Å². The summed E-state index contributed by atoms with van der Waals surface area (Å²) in [5, 5.41) is 16.4. The number of rotatable bonds is 8. The number of amidine groups is 1. The molecule has 5 rings (SSSR count). The molecule has 0 heterocycles. The van der Waals surface area contributed by atoms with Crippen molar-refractivity contribution in [1.29, 1.82) is 5.26 Å². The second-order valence-electron chi connectivity index (χ2n) is 10.2. The third kappa shape index (κ3) is 7.04. The topological polar surface area (TPSA) is 103 Å². The molecule has 0 bridgehead atoms. The summed E-state index contributed by atoms with van der Waals surface area (Å²) in [6.07, 6.45) is 0. The van der Waals surface area contributed by atoms with Crippen LogP contribution in [0, 0.1) is 24.2 Å². The molecule has 4 aromatic carbocycles. The number of aryl methyl sites for hydroxylation is 1. The molecule has 2 unspecified atom stereocenters. The van der Waals surface area contributed by atoms with E-state index in [2.05, 4.69) is 21.7 Å². The molecule has 1 saturated carbocycles. The first-order valence-electron chi connectivity index (χ1n) is 13.1. The molecule has 0 aromatic heterocycles. The number of nitriles is 1. The van der Waals surface area contributed by atoms with E-state index < -0.39 is 16.2 Å². The minimum Gasteiger partial charge on any atom is -0.383 e. The van der Waals surface area contributed by atoms with Gasteiger partial charge in [0.2, 0.25) is 5.91 Å². The number of hydrogen-bond donors (Lipinski definition) is 3. The van der Waals surface area contributed by atoms with Crippen molar-refractivity contribution < 1.29 is 4.79 Å². The Morgan fingerprint density at radius 1 is 0.953 bits per heavy atom. The Labute approximate surface area is 274 Å². The van der Waals surface area contributed by atoms with E-state index in [1.165, 1.54) is 0 Å². The van der Waals surface area contributed by atoms with E-state index in [0.29, 0.717) is 49.7 Å². The molecular formula is C32H24Cl5N5O. The molecule has 1 aliphatic rings. The van der Waals surface area contributed by atoms with Gasteiger partial charge in [-0.05, 0) is 90.3 Å². The molecule has 6 nitrogen and oxygen atoms in total. The van der Waals surface area contributed by atoms with Crippen LogP contribution in [0.3, 0.4) is 0 Å². The van der Waals surface area contributed by atoms with Gasteiger partial charge in [0.15, 0.2) is 0 Å². The Hall–Kier alpha value is -3.44. The van der Waals surface area contributed by atoms with Crippen molar-refractivity contribution in [2.24, 2.45) is 16.6 Å². The molecule has 2 atom stereocenters. The van der Waals surface area contributed by atoms with Gasteiger partial charge in [-0.15, -0.1) is 23.2 Å². The first-order valence-corrected chi connectivity index (χ1v) is 15.0. The van der Waals surface area contributed by atoms with Crippen LogP contribution in [0.2, 0.25) is 15.1 Å². The van der Waals surface area contributed by atoms with Crippen molar-refractivity contribution in [1.82, 2.24) is 0 Å². The van der Waals surface area contributed by atoms with E-state index in [9.17, 15) is 4.79 Å². The summed E-state index contributed by atoms with van der Waals surface area (Å²) in [4.78, 5) is 17.8. The smallest absolute Gasteiger partial charge is 0.231 e. The van der Waals surface area contributed by atoms with Crippen LogP contribution in [0.25, 0.3) is 0 Å². The average Bonchev–Trinajstić information content (AvgIpc) is 3.55. The number of hydrogen-bond acceptors (Lipinski definition) is 4.